The molecular formula is C15H14FN5OS. The number of aromatic nitrogens is 4. The van der Waals surface area contributed by atoms with E-state index >= 15 is 0 Å². The first-order valence-electron chi connectivity index (χ1n) is 7.42. The Bertz CT molecular complexity index is 807. The molecule has 118 valence electrons. The fourth-order valence-corrected chi connectivity index (χ4v) is 3.83. The van der Waals surface area contributed by atoms with Gasteiger partial charge in [0, 0.05) is 24.6 Å². The SMILES string of the molecule is O=C(c1ccc(F)cc1)N1CCC(c2nn3cnnc3s2)CC1. The molecule has 0 aliphatic carbocycles. The van der Waals surface area contributed by atoms with Crippen molar-refractivity contribution in [3.05, 3.63) is 47.0 Å². The zero-order chi connectivity index (χ0) is 15.8. The van der Waals surface area contributed by atoms with Crippen LogP contribution in [0.3, 0.4) is 0 Å². The van der Waals surface area contributed by atoms with Crippen molar-refractivity contribution in [2.24, 2.45) is 0 Å². The van der Waals surface area contributed by atoms with Gasteiger partial charge >= 0.3 is 0 Å². The third kappa shape index (κ3) is 2.70. The summed E-state index contributed by atoms with van der Waals surface area (Å²) < 4.78 is 14.6. The lowest BCUT2D eigenvalue weighted by atomic mass is 9.97. The van der Waals surface area contributed by atoms with E-state index in [-0.39, 0.29) is 11.7 Å². The first-order valence-corrected chi connectivity index (χ1v) is 8.24. The van der Waals surface area contributed by atoms with E-state index in [1.165, 1.54) is 24.3 Å². The molecule has 0 unspecified atom stereocenters. The van der Waals surface area contributed by atoms with Crippen LogP contribution in [0.5, 0.6) is 0 Å². The van der Waals surface area contributed by atoms with Crippen molar-refractivity contribution in [1.29, 1.82) is 0 Å². The van der Waals surface area contributed by atoms with Gasteiger partial charge in [-0.15, -0.1) is 10.2 Å². The summed E-state index contributed by atoms with van der Waals surface area (Å²) in [7, 11) is 0. The van der Waals surface area contributed by atoms with Crippen molar-refractivity contribution in [2.45, 2.75) is 18.8 Å². The zero-order valence-corrected chi connectivity index (χ0v) is 13.0. The minimum atomic E-state index is -0.330. The fraction of sp³-hybridized carbons (Fsp3) is 0.333. The second-order valence-electron chi connectivity index (χ2n) is 5.57. The maximum Gasteiger partial charge on any atom is 0.253 e. The number of carbonyl (C=O) groups is 1. The van der Waals surface area contributed by atoms with Gasteiger partial charge in [-0.05, 0) is 37.1 Å². The van der Waals surface area contributed by atoms with Crippen LogP contribution in [0.15, 0.2) is 30.6 Å². The lowest BCUT2D eigenvalue weighted by Crippen LogP contribution is -2.37. The summed E-state index contributed by atoms with van der Waals surface area (Å²) in [4.78, 5) is 15.0. The molecule has 0 spiro atoms. The highest BCUT2D eigenvalue weighted by molar-refractivity contribution is 7.16. The molecule has 1 amide bonds. The molecule has 1 aromatic carbocycles. The third-order valence-electron chi connectivity index (χ3n) is 4.13. The van der Waals surface area contributed by atoms with Crippen LogP contribution in [0.2, 0.25) is 0 Å². The Balaban J connectivity index is 1.43. The summed E-state index contributed by atoms with van der Waals surface area (Å²) in [5.74, 6) is -0.0240. The standard InChI is InChI=1S/C15H14FN5OS/c16-12-3-1-11(2-4-12)14(22)20-7-5-10(6-8-20)13-19-21-9-17-18-15(21)23-13/h1-4,9-10H,5-8H2. The number of amides is 1. The maximum atomic E-state index is 13.0. The molecule has 4 rings (SSSR count). The van der Waals surface area contributed by atoms with Crippen LogP contribution in [-0.2, 0) is 0 Å². The predicted octanol–water partition coefficient (Wildman–Crippen LogP) is 2.34. The zero-order valence-electron chi connectivity index (χ0n) is 12.2. The van der Waals surface area contributed by atoms with Gasteiger partial charge in [0.2, 0.25) is 4.96 Å². The van der Waals surface area contributed by atoms with E-state index < -0.39 is 0 Å². The van der Waals surface area contributed by atoms with Crippen molar-refractivity contribution in [2.75, 3.05) is 13.1 Å². The lowest BCUT2D eigenvalue weighted by Gasteiger charge is -2.31. The number of halogens is 1. The van der Waals surface area contributed by atoms with Crippen LogP contribution < -0.4 is 0 Å². The number of piperidine rings is 1. The highest BCUT2D eigenvalue weighted by Crippen LogP contribution is 2.31. The highest BCUT2D eigenvalue weighted by Gasteiger charge is 2.27. The number of hydrogen-bond acceptors (Lipinski definition) is 5. The minimum Gasteiger partial charge on any atom is -0.339 e. The van der Waals surface area contributed by atoms with Crippen molar-refractivity contribution < 1.29 is 9.18 Å². The molecule has 2 aromatic heterocycles. The number of hydrogen-bond donors (Lipinski definition) is 0. The number of nitrogens with zero attached hydrogens (tertiary/aromatic N) is 5. The number of benzene rings is 1. The quantitative estimate of drug-likeness (QED) is 0.723. The molecule has 0 radical (unpaired) electrons. The van der Waals surface area contributed by atoms with Crippen LogP contribution in [-0.4, -0.2) is 43.7 Å². The molecule has 8 heteroatoms. The number of likely N-dealkylation sites (tertiary alicyclic amines) is 1. The number of carbonyl (C=O) groups excluding carboxylic acids is 1. The topological polar surface area (TPSA) is 63.4 Å². The molecule has 0 N–H and O–H groups in total. The Morgan fingerprint density at radius 1 is 1.22 bits per heavy atom. The number of fused-ring (bicyclic) bond motifs is 1. The van der Waals surface area contributed by atoms with Gasteiger partial charge < -0.3 is 4.90 Å². The van der Waals surface area contributed by atoms with Crippen LogP contribution in [0.25, 0.3) is 4.96 Å². The van der Waals surface area contributed by atoms with Gasteiger partial charge in [-0.3, -0.25) is 4.79 Å². The minimum absolute atomic E-state index is 0.0402. The van der Waals surface area contributed by atoms with Gasteiger partial charge in [0.1, 0.15) is 17.2 Å². The summed E-state index contributed by atoms with van der Waals surface area (Å²) >= 11 is 1.55. The van der Waals surface area contributed by atoms with Crippen LogP contribution in [0.4, 0.5) is 4.39 Å². The van der Waals surface area contributed by atoms with Crippen molar-refractivity contribution in [1.82, 2.24) is 24.7 Å². The van der Waals surface area contributed by atoms with E-state index in [0.29, 0.717) is 24.6 Å². The van der Waals surface area contributed by atoms with Crippen LogP contribution >= 0.6 is 11.3 Å². The van der Waals surface area contributed by atoms with Crippen LogP contribution in [0.1, 0.15) is 34.1 Å². The Labute approximate surface area is 135 Å². The van der Waals surface area contributed by atoms with Crippen LogP contribution in [0, 0.1) is 5.82 Å². The van der Waals surface area contributed by atoms with Crippen molar-refractivity contribution in [3.8, 4) is 0 Å². The van der Waals surface area contributed by atoms with E-state index in [2.05, 4.69) is 15.3 Å². The third-order valence-corrected chi connectivity index (χ3v) is 5.20. The van der Waals surface area contributed by atoms with Crippen molar-refractivity contribution in [3.63, 3.8) is 0 Å². The van der Waals surface area contributed by atoms with E-state index in [1.54, 1.807) is 22.2 Å². The van der Waals surface area contributed by atoms with Gasteiger partial charge in [-0.2, -0.15) is 9.61 Å². The summed E-state index contributed by atoms with van der Waals surface area (Å²) in [6.45, 7) is 1.36. The molecular weight excluding hydrogens is 317 g/mol. The first kappa shape index (κ1) is 14.3. The Hall–Kier alpha value is -2.35. The van der Waals surface area contributed by atoms with E-state index in [0.717, 1.165) is 22.8 Å². The fourth-order valence-electron chi connectivity index (χ4n) is 2.84. The van der Waals surface area contributed by atoms with Gasteiger partial charge in [0.05, 0.1) is 0 Å². The first-order chi connectivity index (χ1) is 11.2. The Kier molecular flexibility index (Phi) is 3.53. The average Bonchev–Trinajstić information content (AvgIpc) is 3.17. The number of rotatable bonds is 2. The van der Waals surface area contributed by atoms with Gasteiger partial charge in [-0.1, -0.05) is 11.3 Å². The largest absolute Gasteiger partial charge is 0.339 e. The molecule has 1 saturated heterocycles. The van der Waals surface area contributed by atoms with Gasteiger partial charge in [0.15, 0.2) is 0 Å². The van der Waals surface area contributed by atoms with E-state index in [4.69, 9.17) is 0 Å². The molecule has 23 heavy (non-hydrogen) atoms. The maximum absolute atomic E-state index is 13.0. The summed E-state index contributed by atoms with van der Waals surface area (Å²) in [6, 6.07) is 5.71. The monoisotopic (exact) mass is 331 g/mol. The molecule has 0 bridgehead atoms. The second kappa shape index (κ2) is 5.69. The van der Waals surface area contributed by atoms with E-state index in [9.17, 15) is 9.18 Å². The smallest absolute Gasteiger partial charge is 0.253 e. The summed E-state index contributed by atoms with van der Waals surface area (Å²) in [6.07, 6.45) is 3.34. The second-order valence-corrected chi connectivity index (χ2v) is 6.56. The van der Waals surface area contributed by atoms with E-state index in [1.807, 2.05) is 4.90 Å². The Morgan fingerprint density at radius 3 is 2.65 bits per heavy atom. The molecule has 3 heterocycles. The Morgan fingerprint density at radius 2 is 1.96 bits per heavy atom. The highest BCUT2D eigenvalue weighted by atomic mass is 32.1. The van der Waals surface area contributed by atoms with Gasteiger partial charge in [0.25, 0.3) is 5.91 Å². The van der Waals surface area contributed by atoms with Crippen molar-refractivity contribution >= 4 is 22.2 Å². The molecule has 3 aromatic rings. The molecule has 1 aliphatic heterocycles. The molecule has 0 saturated carbocycles. The molecule has 6 nitrogen and oxygen atoms in total. The average molecular weight is 331 g/mol. The normalized spacial score (nSPS) is 16.1. The van der Waals surface area contributed by atoms with Gasteiger partial charge in [-0.25, -0.2) is 4.39 Å². The predicted molar refractivity (Wildman–Crippen MR) is 82.9 cm³/mol. The lowest BCUT2D eigenvalue weighted by molar-refractivity contribution is 0.0712. The summed E-state index contributed by atoms with van der Waals surface area (Å²) in [5.41, 5.74) is 0.531. The molecule has 1 aliphatic rings. The molecule has 0 atom stereocenters. The summed E-state index contributed by atoms with van der Waals surface area (Å²) in [5, 5.41) is 13.3. The molecule has 1 fully saturated rings.